The van der Waals surface area contributed by atoms with Gasteiger partial charge in [-0.1, -0.05) is 0 Å². The Morgan fingerprint density at radius 1 is 1.24 bits per heavy atom. The first-order valence-electron chi connectivity index (χ1n) is 11.2. The number of aliphatic hydroxyl groups is 1. The van der Waals surface area contributed by atoms with Crippen molar-refractivity contribution >= 4 is 11.4 Å². The topological polar surface area (TPSA) is 73.1 Å². The standard InChI is InChI=1S/C25H26F2N2O4/c1-25(31,16-5-6-16)17-7-8-29-18(13-28-22(29)12-17)15-10-20(32-2)23(19(30)9-14-3-4-14)21(11-15)33-24(26)27/h7-8,10-14,16,24,31H,3-6,9H2,1-2H3/t25-/m0/s1. The van der Waals surface area contributed by atoms with Gasteiger partial charge in [0.25, 0.3) is 0 Å². The van der Waals surface area contributed by atoms with Crippen molar-refractivity contribution in [1.82, 2.24) is 9.38 Å². The number of fused-ring (bicyclic) bond motifs is 1. The fourth-order valence-corrected chi connectivity index (χ4v) is 4.44. The maximum absolute atomic E-state index is 13.2. The average Bonchev–Trinajstić information content (AvgIpc) is 3.70. The number of hydrogen-bond acceptors (Lipinski definition) is 5. The molecule has 2 aromatic heterocycles. The summed E-state index contributed by atoms with van der Waals surface area (Å²) in [5.41, 5.74) is 1.69. The lowest BCUT2D eigenvalue weighted by molar-refractivity contribution is -0.0502. The molecule has 0 amide bonds. The van der Waals surface area contributed by atoms with Gasteiger partial charge in [0.1, 0.15) is 22.7 Å². The van der Waals surface area contributed by atoms with Crippen LogP contribution in [0.5, 0.6) is 11.5 Å². The van der Waals surface area contributed by atoms with Gasteiger partial charge in [0, 0.05) is 18.2 Å². The third-order valence-corrected chi connectivity index (χ3v) is 6.72. The van der Waals surface area contributed by atoms with Crippen LogP contribution in [0.2, 0.25) is 0 Å². The summed E-state index contributed by atoms with van der Waals surface area (Å²) in [6.45, 7) is -1.26. The van der Waals surface area contributed by atoms with Crippen LogP contribution in [0.15, 0.2) is 36.7 Å². The summed E-state index contributed by atoms with van der Waals surface area (Å²) in [5.74, 6) is 0.266. The fourth-order valence-electron chi connectivity index (χ4n) is 4.44. The van der Waals surface area contributed by atoms with E-state index >= 15 is 0 Å². The van der Waals surface area contributed by atoms with Crippen LogP contribution < -0.4 is 9.47 Å². The number of imidazole rings is 1. The first-order valence-corrected chi connectivity index (χ1v) is 11.2. The molecule has 0 saturated heterocycles. The lowest BCUT2D eigenvalue weighted by atomic mass is 9.92. The van der Waals surface area contributed by atoms with Gasteiger partial charge in [-0.05, 0) is 74.3 Å². The molecule has 33 heavy (non-hydrogen) atoms. The first-order chi connectivity index (χ1) is 15.8. The first kappa shape index (κ1) is 21.8. The van der Waals surface area contributed by atoms with Crippen molar-refractivity contribution in [2.24, 2.45) is 11.8 Å². The number of ketones is 1. The van der Waals surface area contributed by atoms with Crippen LogP contribution in [0.25, 0.3) is 16.9 Å². The molecule has 0 aliphatic heterocycles. The molecule has 0 radical (unpaired) electrons. The SMILES string of the molecule is COc1cc(-c2cnc3cc([C@@](C)(O)C4CC4)ccn23)cc(OC(F)F)c1C(=O)CC1CC1. The molecule has 0 spiro atoms. The highest BCUT2D eigenvalue weighted by Crippen LogP contribution is 2.46. The number of ether oxygens (including phenoxy) is 2. The Labute approximate surface area is 190 Å². The molecule has 5 rings (SSSR count). The van der Waals surface area contributed by atoms with Crippen LogP contribution in [0.1, 0.15) is 54.9 Å². The van der Waals surface area contributed by atoms with E-state index < -0.39 is 12.2 Å². The van der Waals surface area contributed by atoms with E-state index in [2.05, 4.69) is 4.98 Å². The number of carbonyl (C=O) groups excluding carboxylic acids is 1. The molecule has 2 saturated carbocycles. The number of hydrogen-bond donors (Lipinski definition) is 1. The van der Waals surface area contributed by atoms with Gasteiger partial charge < -0.3 is 14.6 Å². The number of nitrogens with zero attached hydrogens (tertiary/aromatic N) is 2. The van der Waals surface area contributed by atoms with Crippen molar-refractivity contribution in [3.05, 3.63) is 47.8 Å². The van der Waals surface area contributed by atoms with E-state index in [4.69, 9.17) is 9.47 Å². The third-order valence-electron chi connectivity index (χ3n) is 6.72. The van der Waals surface area contributed by atoms with Crippen molar-refractivity contribution in [1.29, 1.82) is 0 Å². The number of halogens is 2. The number of rotatable bonds is 9. The van der Waals surface area contributed by atoms with Crippen LogP contribution >= 0.6 is 0 Å². The van der Waals surface area contributed by atoms with Crippen molar-refractivity contribution in [3.63, 3.8) is 0 Å². The Morgan fingerprint density at radius 3 is 2.61 bits per heavy atom. The van der Waals surface area contributed by atoms with E-state index in [9.17, 15) is 18.7 Å². The highest BCUT2D eigenvalue weighted by Gasteiger charge is 2.41. The molecule has 2 heterocycles. The Kier molecular flexibility index (Phi) is 5.35. The molecule has 3 aromatic rings. The van der Waals surface area contributed by atoms with E-state index in [1.165, 1.54) is 13.2 Å². The van der Waals surface area contributed by atoms with E-state index in [0.717, 1.165) is 31.2 Å². The summed E-state index contributed by atoms with van der Waals surface area (Å²) >= 11 is 0. The molecular formula is C25H26F2N2O4. The van der Waals surface area contributed by atoms with Crippen LogP contribution in [-0.2, 0) is 5.60 Å². The van der Waals surface area contributed by atoms with Gasteiger partial charge in [-0.2, -0.15) is 8.78 Å². The minimum Gasteiger partial charge on any atom is -0.496 e. The maximum atomic E-state index is 13.2. The smallest absolute Gasteiger partial charge is 0.387 e. The predicted octanol–water partition coefficient (Wildman–Crippen LogP) is 5.21. The lowest BCUT2D eigenvalue weighted by Crippen LogP contribution is -2.23. The molecule has 2 fully saturated rings. The molecule has 174 valence electrons. The van der Waals surface area contributed by atoms with Gasteiger partial charge in [0.2, 0.25) is 0 Å². The Morgan fingerprint density at radius 2 is 1.97 bits per heavy atom. The van der Waals surface area contributed by atoms with Gasteiger partial charge in [0.15, 0.2) is 5.78 Å². The number of alkyl halides is 2. The van der Waals surface area contributed by atoms with Gasteiger partial charge >= 0.3 is 6.61 Å². The summed E-state index contributed by atoms with van der Waals surface area (Å²) in [4.78, 5) is 17.3. The van der Waals surface area contributed by atoms with Crippen LogP contribution in [0.4, 0.5) is 8.78 Å². The zero-order chi connectivity index (χ0) is 23.3. The van der Waals surface area contributed by atoms with E-state index in [1.807, 2.05) is 19.1 Å². The molecule has 1 aromatic carbocycles. The largest absolute Gasteiger partial charge is 0.496 e. The Bertz CT molecular complexity index is 1210. The predicted molar refractivity (Wildman–Crippen MR) is 118 cm³/mol. The van der Waals surface area contributed by atoms with Crippen molar-refractivity contribution < 1.29 is 28.2 Å². The van der Waals surface area contributed by atoms with Gasteiger partial charge in [-0.25, -0.2) is 4.98 Å². The van der Waals surface area contributed by atoms with Crippen molar-refractivity contribution in [2.75, 3.05) is 7.11 Å². The van der Waals surface area contributed by atoms with E-state index in [0.29, 0.717) is 22.8 Å². The number of benzene rings is 1. The Hall–Kier alpha value is -3.00. The molecule has 0 bridgehead atoms. The monoisotopic (exact) mass is 456 g/mol. The van der Waals surface area contributed by atoms with Crippen molar-refractivity contribution in [2.45, 2.75) is 51.2 Å². The summed E-state index contributed by atoms with van der Waals surface area (Å²) in [6.07, 6.45) is 7.64. The molecule has 0 unspecified atom stereocenters. The molecule has 1 N–H and O–H groups in total. The fraction of sp³-hybridized carbons (Fsp3) is 0.440. The summed E-state index contributed by atoms with van der Waals surface area (Å²) in [6, 6.07) is 6.77. The van der Waals surface area contributed by atoms with E-state index in [1.54, 1.807) is 22.9 Å². The normalized spacial score (nSPS) is 17.9. The highest BCUT2D eigenvalue weighted by molar-refractivity contribution is 6.02. The second-order valence-corrected chi connectivity index (χ2v) is 9.21. The Balaban J connectivity index is 1.57. The second-order valence-electron chi connectivity index (χ2n) is 9.21. The van der Waals surface area contributed by atoms with Crippen LogP contribution in [0.3, 0.4) is 0 Å². The minimum absolute atomic E-state index is 0.0463. The maximum Gasteiger partial charge on any atom is 0.387 e. The molecule has 8 heteroatoms. The average molecular weight is 456 g/mol. The molecule has 1 atom stereocenters. The quantitative estimate of drug-likeness (QED) is 0.448. The summed E-state index contributed by atoms with van der Waals surface area (Å²) in [7, 11) is 1.40. The number of Topliss-reactive ketones (excluding diaryl/α,β-unsaturated/α-hetero) is 1. The summed E-state index contributed by atoms with van der Waals surface area (Å²) in [5, 5.41) is 10.9. The zero-order valence-corrected chi connectivity index (χ0v) is 18.6. The molecule has 6 nitrogen and oxygen atoms in total. The zero-order valence-electron chi connectivity index (χ0n) is 18.6. The molecular weight excluding hydrogens is 430 g/mol. The van der Waals surface area contributed by atoms with Gasteiger partial charge in [-0.15, -0.1) is 0 Å². The molecule has 2 aliphatic rings. The van der Waals surface area contributed by atoms with Crippen LogP contribution in [0, 0.1) is 11.8 Å². The van der Waals surface area contributed by atoms with Gasteiger partial charge in [-0.3, -0.25) is 9.20 Å². The number of pyridine rings is 1. The number of aromatic nitrogens is 2. The third kappa shape index (κ3) is 4.19. The van der Waals surface area contributed by atoms with E-state index in [-0.39, 0.29) is 35.2 Å². The second kappa shape index (κ2) is 8.09. The number of methoxy groups -OCH3 is 1. The van der Waals surface area contributed by atoms with Gasteiger partial charge in [0.05, 0.1) is 24.6 Å². The van der Waals surface area contributed by atoms with Crippen LogP contribution in [-0.4, -0.2) is 34.0 Å². The minimum atomic E-state index is -3.08. The lowest BCUT2D eigenvalue weighted by Gasteiger charge is -2.23. The highest BCUT2D eigenvalue weighted by atomic mass is 19.3. The molecule has 2 aliphatic carbocycles. The number of carbonyl (C=O) groups is 1. The van der Waals surface area contributed by atoms with Crippen molar-refractivity contribution in [3.8, 4) is 22.8 Å². The summed E-state index contributed by atoms with van der Waals surface area (Å²) < 4.78 is 38.4.